The highest BCUT2D eigenvalue weighted by Crippen LogP contribution is 2.24. The van der Waals surface area contributed by atoms with Crippen LogP contribution in [0.15, 0.2) is 18.3 Å². The summed E-state index contributed by atoms with van der Waals surface area (Å²) < 4.78 is 0. The molecular formula is C14H21N3. The normalized spacial score (nSPS) is 21.1. The molecule has 1 aliphatic carbocycles. The highest BCUT2D eigenvalue weighted by Gasteiger charge is 2.17. The molecule has 2 heterocycles. The molecule has 2 aliphatic rings. The predicted octanol–water partition coefficient (Wildman–Crippen LogP) is 3.04. The maximum Gasteiger partial charge on any atom is 0.128 e. The van der Waals surface area contributed by atoms with Crippen LogP contribution in [0, 0.1) is 0 Å². The quantitative estimate of drug-likeness (QED) is 0.866. The van der Waals surface area contributed by atoms with Crippen LogP contribution in [0.5, 0.6) is 0 Å². The van der Waals surface area contributed by atoms with Gasteiger partial charge in [0.1, 0.15) is 5.82 Å². The van der Waals surface area contributed by atoms with Gasteiger partial charge in [-0.3, -0.25) is 0 Å². The molecule has 2 fully saturated rings. The van der Waals surface area contributed by atoms with E-state index in [0.717, 1.165) is 5.82 Å². The van der Waals surface area contributed by atoms with Gasteiger partial charge in [-0.05, 0) is 50.7 Å². The fourth-order valence-electron chi connectivity index (χ4n) is 2.57. The summed E-state index contributed by atoms with van der Waals surface area (Å²) in [6.07, 6.45) is 9.98. The molecule has 0 spiro atoms. The number of pyridine rings is 1. The summed E-state index contributed by atoms with van der Waals surface area (Å²) in [6, 6.07) is 5.03. The maximum atomic E-state index is 4.58. The molecule has 17 heavy (non-hydrogen) atoms. The fourth-order valence-corrected chi connectivity index (χ4v) is 2.57. The minimum absolute atomic E-state index is 0.692. The second kappa shape index (κ2) is 4.94. The van der Waals surface area contributed by atoms with Crippen LogP contribution in [0.25, 0.3) is 0 Å². The second-order valence-corrected chi connectivity index (χ2v) is 5.22. The lowest BCUT2D eigenvalue weighted by atomic mass is 9.93. The smallest absolute Gasteiger partial charge is 0.128 e. The summed E-state index contributed by atoms with van der Waals surface area (Å²) in [4.78, 5) is 6.98. The van der Waals surface area contributed by atoms with Gasteiger partial charge >= 0.3 is 0 Å². The molecule has 0 aromatic carbocycles. The Labute approximate surface area is 103 Å². The van der Waals surface area contributed by atoms with Crippen molar-refractivity contribution in [2.45, 2.75) is 44.6 Å². The minimum Gasteiger partial charge on any atom is -0.381 e. The van der Waals surface area contributed by atoms with Crippen molar-refractivity contribution in [2.75, 3.05) is 23.3 Å². The molecular weight excluding hydrogens is 210 g/mol. The zero-order valence-corrected chi connectivity index (χ0v) is 10.4. The largest absolute Gasteiger partial charge is 0.381 e. The molecule has 3 heteroatoms. The molecule has 1 aromatic rings. The van der Waals surface area contributed by atoms with Crippen molar-refractivity contribution in [3.63, 3.8) is 0 Å². The molecule has 0 unspecified atom stereocenters. The van der Waals surface area contributed by atoms with Crippen LogP contribution >= 0.6 is 0 Å². The minimum atomic E-state index is 0.692. The number of hydrogen-bond acceptors (Lipinski definition) is 3. The number of anilines is 2. The predicted molar refractivity (Wildman–Crippen MR) is 71.6 cm³/mol. The topological polar surface area (TPSA) is 28.2 Å². The monoisotopic (exact) mass is 231 g/mol. The molecule has 0 radical (unpaired) electrons. The molecule has 1 N–H and O–H groups in total. The van der Waals surface area contributed by atoms with Crippen LogP contribution in [0.3, 0.4) is 0 Å². The number of piperidine rings is 1. The first kappa shape index (κ1) is 10.9. The number of nitrogens with one attached hydrogen (secondary N) is 1. The Balaban J connectivity index is 1.62. The van der Waals surface area contributed by atoms with Crippen molar-refractivity contribution in [1.29, 1.82) is 0 Å². The van der Waals surface area contributed by atoms with E-state index in [4.69, 9.17) is 0 Å². The van der Waals surface area contributed by atoms with E-state index in [1.165, 1.54) is 57.3 Å². The van der Waals surface area contributed by atoms with Gasteiger partial charge in [0.2, 0.25) is 0 Å². The van der Waals surface area contributed by atoms with E-state index < -0.39 is 0 Å². The Kier molecular flexibility index (Phi) is 3.16. The van der Waals surface area contributed by atoms with Crippen molar-refractivity contribution in [1.82, 2.24) is 4.98 Å². The van der Waals surface area contributed by atoms with Gasteiger partial charge in [-0.25, -0.2) is 4.98 Å². The van der Waals surface area contributed by atoms with Gasteiger partial charge in [0.15, 0.2) is 0 Å². The number of hydrogen-bond donors (Lipinski definition) is 1. The molecule has 3 nitrogen and oxygen atoms in total. The summed E-state index contributed by atoms with van der Waals surface area (Å²) in [5, 5.41) is 3.53. The SMILES string of the molecule is c1cc(N2CCCCC2)ncc1NC1CCC1. The van der Waals surface area contributed by atoms with Crippen LogP contribution in [0.2, 0.25) is 0 Å². The van der Waals surface area contributed by atoms with Crippen molar-refractivity contribution in [3.8, 4) is 0 Å². The molecule has 3 rings (SSSR count). The third-order valence-electron chi connectivity index (χ3n) is 3.90. The number of rotatable bonds is 3. The van der Waals surface area contributed by atoms with Crippen LogP contribution < -0.4 is 10.2 Å². The van der Waals surface area contributed by atoms with E-state index in [0.29, 0.717) is 6.04 Å². The molecule has 1 saturated carbocycles. The average Bonchev–Trinajstić information content (AvgIpc) is 2.36. The molecule has 0 amide bonds. The Morgan fingerprint density at radius 2 is 1.88 bits per heavy atom. The van der Waals surface area contributed by atoms with Crippen molar-refractivity contribution in [3.05, 3.63) is 18.3 Å². The lowest BCUT2D eigenvalue weighted by Gasteiger charge is -2.29. The van der Waals surface area contributed by atoms with Crippen molar-refractivity contribution < 1.29 is 0 Å². The second-order valence-electron chi connectivity index (χ2n) is 5.22. The Morgan fingerprint density at radius 1 is 1.06 bits per heavy atom. The number of nitrogens with zero attached hydrogens (tertiary/aromatic N) is 2. The van der Waals surface area contributed by atoms with Crippen LogP contribution in [-0.2, 0) is 0 Å². The van der Waals surface area contributed by atoms with Gasteiger partial charge in [-0.1, -0.05) is 0 Å². The highest BCUT2D eigenvalue weighted by molar-refractivity contribution is 5.49. The number of aromatic nitrogens is 1. The van der Waals surface area contributed by atoms with E-state index in [1.807, 2.05) is 6.20 Å². The van der Waals surface area contributed by atoms with E-state index in [9.17, 15) is 0 Å². The summed E-state index contributed by atoms with van der Waals surface area (Å²) in [6.45, 7) is 2.34. The molecule has 92 valence electrons. The third kappa shape index (κ3) is 2.54. The summed E-state index contributed by atoms with van der Waals surface area (Å²) in [7, 11) is 0. The molecule has 0 atom stereocenters. The van der Waals surface area contributed by atoms with Gasteiger partial charge in [0.25, 0.3) is 0 Å². The summed E-state index contributed by atoms with van der Waals surface area (Å²) >= 11 is 0. The average molecular weight is 231 g/mol. The standard InChI is InChI=1S/C14H21N3/c1-2-9-17(10-3-1)14-8-7-13(11-15-14)16-12-5-4-6-12/h7-8,11-12,16H,1-6,9-10H2. The maximum absolute atomic E-state index is 4.58. The van der Waals surface area contributed by atoms with Crippen LogP contribution in [0.1, 0.15) is 38.5 Å². The fraction of sp³-hybridized carbons (Fsp3) is 0.643. The lowest BCUT2D eigenvalue weighted by molar-refractivity contribution is 0.445. The molecule has 1 aliphatic heterocycles. The zero-order valence-electron chi connectivity index (χ0n) is 10.4. The van der Waals surface area contributed by atoms with Gasteiger partial charge in [-0.2, -0.15) is 0 Å². The highest BCUT2D eigenvalue weighted by atomic mass is 15.2. The zero-order chi connectivity index (χ0) is 11.5. The molecule has 1 saturated heterocycles. The van der Waals surface area contributed by atoms with E-state index in [-0.39, 0.29) is 0 Å². The van der Waals surface area contributed by atoms with E-state index in [2.05, 4.69) is 27.3 Å². The van der Waals surface area contributed by atoms with Gasteiger partial charge in [-0.15, -0.1) is 0 Å². The Bertz CT molecular complexity index is 350. The Morgan fingerprint density at radius 3 is 2.47 bits per heavy atom. The van der Waals surface area contributed by atoms with E-state index >= 15 is 0 Å². The summed E-state index contributed by atoms with van der Waals surface area (Å²) in [5.41, 5.74) is 1.18. The van der Waals surface area contributed by atoms with Gasteiger partial charge in [0.05, 0.1) is 11.9 Å². The van der Waals surface area contributed by atoms with Gasteiger partial charge in [0, 0.05) is 19.1 Å². The van der Waals surface area contributed by atoms with Crippen molar-refractivity contribution >= 4 is 11.5 Å². The third-order valence-corrected chi connectivity index (χ3v) is 3.90. The first-order valence-corrected chi connectivity index (χ1v) is 6.89. The molecule has 1 aromatic heterocycles. The van der Waals surface area contributed by atoms with E-state index in [1.54, 1.807) is 0 Å². The van der Waals surface area contributed by atoms with Crippen LogP contribution in [0.4, 0.5) is 11.5 Å². The lowest BCUT2D eigenvalue weighted by Crippen LogP contribution is -2.30. The first-order chi connectivity index (χ1) is 8.42. The Hall–Kier alpha value is -1.25. The summed E-state index contributed by atoms with van der Waals surface area (Å²) in [5.74, 6) is 1.14. The van der Waals surface area contributed by atoms with Gasteiger partial charge < -0.3 is 10.2 Å². The van der Waals surface area contributed by atoms with Crippen LogP contribution in [-0.4, -0.2) is 24.1 Å². The molecule has 0 bridgehead atoms. The first-order valence-electron chi connectivity index (χ1n) is 6.89. The van der Waals surface area contributed by atoms with Crippen molar-refractivity contribution in [2.24, 2.45) is 0 Å².